The van der Waals surface area contributed by atoms with E-state index in [9.17, 15) is 14.9 Å². The van der Waals surface area contributed by atoms with Crippen molar-refractivity contribution in [3.8, 4) is 0 Å². The van der Waals surface area contributed by atoms with E-state index in [2.05, 4.69) is 6.92 Å². The zero-order valence-corrected chi connectivity index (χ0v) is 10.2. The van der Waals surface area contributed by atoms with Gasteiger partial charge in [0.1, 0.15) is 0 Å². The first-order valence-corrected chi connectivity index (χ1v) is 6.19. The lowest BCUT2D eigenvalue weighted by atomic mass is 10.2. The Kier molecular flexibility index (Phi) is 3.23. The average molecular weight is 252 g/mol. The van der Waals surface area contributed by atoms with Crippen molar-refractivity contribution in [1.82, 2.24) is 3.96 Å². The smallest absolute Gasteiger partial charge is 0.268 e. The zero-order valence-electron chi connectivity index (χ0n) is 9.38. The summed E-state index contributed by atoms with van der Waals surface area (Å²) in [5.41, 5.74) is -0.155. The number of nitro benzene ring substituents is 1. The zero-order chi connectivity index (χ0) is 12.4. The number of nitrogens with zero attached hydrogens (tertiary/aromatic N) is 2. The first-order valence-electron chi connectivity index (χ1n) is 5.41. The SMILES string of the molecule is CCCCn1sc2ccc([N+](=O)[O-])cc2c1=O. The van der Waals surface area contributed by atoms with E-state index in [-0.39, 0.29) is 11.2 Å². The van der Waals surface area contributed by atoms with Gasteiger partial charge in [0, 0.05) is 18.7 Å². The normalized spacial score (nSPS) is 10.9. The van der Waals surface area contributed by atoms with Gasteiger partial charge in [-0.05, 0) is 12.5 Å². The molecule has 0 radical (unpaired) electrons. The predicted molar refractivity (Wildman–Crippen MR) is 67.6 cm³/mol. The molecule has 17 heavy (non-hydrogen) atoms. The number of unbranched alkanes of at least 4 members (excludes halogenated alkanes) is 1. The highest BCUT2D eigenvalue weighted by molar-refractivity contribution is 7.13. The molecule has 0 fully saturated rings. The Morgan fingerprint density at radius 3 is 2.88 bits per heavy atom. The monoisotopic (exact) mass is 252 g/mol. The van der Waals surface area contributed by atoms with E-state index < -0.39 is 4.92 Å². The van der Waals surface area contributed by atoms with Crippen LogP contribution in [0.3, 0.4) is 0 Å². The van der Waals surface area contributed by atoms with Gasteiger partial charge in [-0.15, -0.1) is 0 Å². The highest BCUT2D eigenvalue weighted by Crippen LogP contribution is 2.22. The second kappa shape index (κ2) is 4.67. The second-order valence-corrected chi connectivity index (χ2v) is 4.85. The van der Waals surface area contributed by atoms with Crippen LogP contribution in [0.2, 0.25) is 0 Å². The number of benzene rings is 1. The summed E-state index contributed by atoms with van der Waals surface area (Å²) in [6, 6.07) is 4.43. The van der Waals surface area contributed by atoms with Gasteiger partial charge in [-0.2, -0.15) is 0 Å². The number of non-ortho nitro benzene ring substituents is 1. The molecule has 2 aromatic rings. The molecule has 1 heterocycles. The van der Waals surface area contributed by atoms with Gasteiger partial charge < -0.3 is 0 Å². The van der Waals surface area contributed by atoms with Crippen LogP contribution in [0.5, 0.6) is 0 Å². The van der Waals surface area contributed by atoms with Crippen molar-refractivity contribution in [2.75, 3.05) is 0 Å². The Hall–Kier alpha value is -1.69. The van der Waals surface area contributed by atoms with E-state index in [4.69, 9.17) is 0 Å². The Balaban J connectivity index is 2.51. The fourth-order valence-electron chi connectivity index (χ4n) is 1.62. The van der Waals surface area contributed by atoms with E-state index in [1.54, 1.807) is 10.0 Å². The molecule has 90 valence electrons. The van der Waals surface area contributed by atoms with Gasteiger partial charge in [0.15, 0.2) is 0 Å². The lowest BCUT2D eigenvalue weighted by Gasteiger charge is -1.95. The molecular formula is C11H12N2O3S. The molecule has 0 spiro atoms. The molecule has 0 saturated carbocycles. The number of rotatable bonds is 4. The molecule has 0 atom stereocenters. The minimum atomic E-state index is -0.479. The van der Waals surface area contributed by atoms with Crippen LogP contribution < -0.4 is 5.56 Å². The Bertz CT molecular complexity index is 615. The van der Waals surface area contributed by atoms with E-state index >= 15 is 0 Å². The third-order valence-electron chi connectivity index (χ3n) is 2.55. The molecule has 2 rings (SSSR count). The molecule has 0 bridgehead atoms. The van der Waals surface area contributed by atoms with Gasteiger partial charge in [-0.25, -0.2) is 0 Å². The van der Waals surface area contributed by atoms with Gasteiger partial charge in [0.2, 0.25) is 0 Å². The van der Waals surface area contributed by atoms with Crippen LogP contribution in [-0.4, -0.2) is 8.88 Å². The van der Waals surface area contributed by atoms with E-state index in [0.717, 1.165) is 17.5 Å². The number of nitro groups is 1. The lowest BCUT2D eigenvalue weighted by molar-refractivity contribution is -0.384. The van der Waals surface area contributed by atoms with Gasteiger partial charge in [0.25, 0.3) is 11.2 Å². The minimum Gasteiger partial charge on any atom is -0.268 e. The number of fused-ring (bicyclic) bond motifs is 1. The molecule has 0 aliphatic carbocycles. The molecule has 0 N–H and O–H groups in total. The van der Waals surface area contributed by atoms with Crippen LogP contribution in [0.15, 0.2) is 23.0 Å². The largest absolute Gasteiger partial charge is 0.270 e. The maximum absolute atomic E-state index is 12.0. The molecule has 1 aromatic carbocycles. The average Bonchev–Trinajstić information content (AvgIpc) is 2.63. The topological polar surface area (TPSA) is 65.1 Å². The third-order valence-corrected chi connectivity index (χ3v) is 3.68. The molecule has 0 unspecified atom stereocenters. The number of hydrogen-bond acceptors (Lipinski definition) is 4. The van der Waals surface area contributed by atoms with Gasteiger partial charge in [-0.1, -0.05) is 24.9 Å². The van der Waals surface area contributed by atoms with Crippen molar-refractivity contribution in [3.05, 3.63) is 38.7 Å². The molecule has 5 nitrogen and oxygen atoms in total. The first-order chi connectivity index (χ1) is 8.13. The van der Waals surface area contributed by atoms with E-state index in [0.29, 0.717) is 11.9 Å². The van der Waals surface area contributed by atoms with Gasteiger partial charge in [-0.3, -0.25) is 18.9 Å². The first kappa shape index (κ1) is 11.8. The van der Waals surface area contributed by atoms with Crippen molar-refractivity contribution in [2.24, 2.45) is 0 Å². The predicted octanol–water partition coefficient (Wildman–Crippen LogP) is 2.77. The summed E-state index contributed by atoms with van der Waals surface area (Å²) in [6.45, 7) is 2.74. The van der Waals surface area contributed by atoms with E-state index in [1.165, 1.54) is 23.7 Å². The van der Waals surface area contributed by atoms with E-state index in [1.807, 2.05) is 0 Å². The lowest BCUT2D eigenvalue weighted by Crippen LogP contribution is -2.12. The maximum Gasteiger partial charge on any atom is 0.270 e. The van der Waals surface area contributed by atoms with Crippen LogP contribution >= 0.6 is 11.5 Å². The van der Waals surface area contributed by atoms with Crippen molar-refractivity contribution in [1.29, 1.82) is 0 Å². The number of aromatic nitrogens is 1. The summed E-state index contributed by atoms with van der Waals surface area (Å²) in [4.78, 5) is 22.1. The fraction of sp³-hybridized carbons (Fsp3) is 0.364. The molecular weight excluding hydrogens is 240 g/mol. The Morgan fingerprint density at radius 1 is 1.47 bits per heavy atom. The molecule has 6 heteroatoms. The standard InChI is InChI=1S/C11H12N2O3S/c1-2-3-6-12-11(14)9-7-8(13(15)16)4-5-10(9)17-12/h4-5,7H,2-3,6H2,1H3. The van der Waals surface area contributed by atoms with Crippen LogP contribution in [0, 0.1) is 10.1 Å². The van der Waals surface area contributed by atoms with Crippen molar-refractivity contribution in [3.63, 3.8) is 0 Å². The van der Waals surface area contributed by atoms with Gasteiger partial charge >= 0.3 is 0 Å². The Morgan fingerprint density at radius 2 is 2.24 bits per heavy atom. The molecule has 0 amide bonds. The van der Waals surface area contributed by atoms with Gasteiger partial charge in [0.05, 0.1) is 15.0 Å². The summed E-state index contributed by atoms with van der Waals surface area (Å²) in [7, 11) is 0. The van der Waals surface area contributed by atoms with Crippen molar-refractivity contribution in [2.45, 2.75) is 26.3 Å². The van der Waals surface area contributed by atoms with Crippen molar-refractivity contribution >= 4 is 27.3 Å². The molecule has 0 aliphatic rings. The quantitative estimate of drug-likeness (QED) is 0.620. The number of hydrogen-bond donors (Lipinski definition) is 0. The molecule has 0 aliphatic heterocycles. The van der Waals surface area contributed by atoms with Crippen LogP contribution in [-0.2, 0) is 6.54 Å². The summed E-state index contributed by atoms with van der Waals surface area (Å²) in [5, 5.41) is 11.1. The fourth-order valence-corrected chi connectivity index (χ4v) is 2.63. The number of aryl methyl sites for hydroxylation is 1. The molecule has 0 saturated heterocycles. The minimum absolute atomic E-state index is 0.0324. The maximum atomic E-state index is 12.0. The van der Waals surface area contributed by atoms with Crippen LogP contribution in [0.4, 0.5) is 5.69 Å². The summed E-state index contributed by atoms with van der Waals surface area (Å²) < 4.78 is 2.47. The summed E-state index contributed by atoms with van der Waals surface area (Å²) >= 11 is 1.37. The van der Waals surface area contributed by atoms with Crippen molar-refractivity contribution < 1.29 is 4.92 Å². The summed E-state index contributed by atoms with van der Waals surface area (Å²) in [5.74, 6) is 0. The molecule has 1 aromatic heterocycles. The van der Waals surface area contributed by atoms with Crippen LogP contribution in [0.1, 0.15) is 19.8 Å². The van der Waals surface area contributed by atoms with Crippen LogP contribution in [0.25, 0.3) is 10.1 Å². The Labute approximate surface area is 102 Å². The second-order valence-electron chi connectivity index (χ2n) is 3.79. The highest BCUT2D eigenvalue weighted by Gasteiger charge is 2.12. The summed E-state index contributed by atoms with van der Waals surface area (Å²) in [6.07, 6.45) is 1.95. The highest BCUT2D eigenvalue weighted by atomic mass is 32.1. The third kappa shape index (κ3) is 2.21.